The molecule has 6 rings (SSSR count). The van der Waals surface area contributed by atoms with Gasteiger partial charge in [-0.15, -0.1) is 0 Å². The van der Waals surface area contributed by atoms with Gasteiger partial charge in [0.2, 0.25) is 5.79 Å². The first-order valence-electron chi connectivity index (χ1n) is 25.9. The van der Waals surface area contributed by atoms with Crippen LogP contribution in [0.4, 0.5) is 0 Å². The van der Waals surface area contributed by atoms with Gasteiger partial charge in [-0.2, -0.15) is 0 Å². The molecule has 7 N–H and O–H groups in total. The molecule has 4 heterocycles. The van der Waals surface area contributed by atoms with E-state index >= 15 is 0 Å². The Morgan fingerprint density at radius 2 is 1.09 bits per heavy atom. The Morgan fingerprint density at radius 1 is 0.649 bits per heavy atom. The summed E-state index contributed by atoms with van der Waals surface area (Å²) in [7, 11) is -12.8. The van der Waals surface area contributed by atoms with E-state index in [0.29, 0.717) is 0 Å². The number of benzene rings is 2. The number of nitrogens with one attached hydrogen (secondary N) is 2. The lowest BCUT2D eigenvalue weighted by Crippen LogP contribution is -2.70. The molecule has 1 unspecified atom stereocenters. The molecule has 2 saturated heterocycles. The fraction of sp³-hybridized carbons (Fsp3) is 0.615. The third kappa shape index (κ3) is 12.0. The predicted octanol–water partition coefficient (Wildman–Crippen LogP) is 5.79. The van der Waals surface area contributed by atoms with Crippen molar-refractivity contribution in [2.75, 3.05) is 6.61 Å². The molecule has 9 atom stereocenters. The molecule has 25 heteroatoms. The van der Waals surface area contributed by atoms with Crippen LogP contribution >= 0.6 is 6.72 Å². The van der Waals surface area contributed by atoms with E-state index in [1.165, 1.54) is 12.4 Å². The fourth-order valence-electron chi connectivity index (χ4n) is 9.58. The third-order valence-corrected chi connectivity index (χ3v) is 40.2. The van der Waals surface area contributed by atoms with Gasteiger partial charge >= 0.3 is 23.5 Å². The monoisotopic (exact) mass is 1180 g/mol. The van der Waals surface area contributed by atoms with E-state index in [2.05, 4.69) is 30.7 Å². The minimum Gasteiger partial charge on any atom is -0.408 e. The number of rotatable bonds is 16. The lowest BCUT2D eigenvalue weighted by atomic mass is 10.1. The summed E-state index contributed by atoms with van der Waals surface area (Å²) in [5, 5.41) is 37.4. The molecule has 2 fully saturated rings. The van der Waals surface area contributed by atoms with Crippen LogP contribution in [0.5, 0.6) is 0 Å². The van der Waals surface area contributed by atoms with Gasteiger partial charge in [0, 0.05) is 24.5 Å². The van der Waals surface area contributed by atoms with Crippen LogP contribution in [0, 0.1) is 0 Å². The lowest BCUT2D eigenvalue weighted by Gasteiger charge is -2.53. The van der Waals surface area contributed by atoms with Crippen molar-refractivity contribution in [3.63, 3.8) is 0 Å². The molecule has 428 valence electrons. The predicted molar refractivity (Wildman–Crippen MR) is 311 cm³/mol. The van der Waals surface area contributed by atoms with Gasteiger partial charge in [0.1, 0.15) is 23.5 Å². The van der Waals surface area contributed by atoms with Crippen LogP contribution in [0.15, 0.2) is 104 Å². The number of aromatic amines is 2. The molecule has 0 spiro atoms. The van der Waals surface area contributed by atoms with Crippen LogP contribution in [0.1, 0.15) is 95.5 Å². The van der Waals surface area contributed by atoms with Crippen LogP contribution in [0.3, 0.4) is 0 Å². The Balaban J connectivity index is 1.59. The molecule has 2 aliphatic heterocycles. The Morgan fingerprint density at radius 3 is 1.51 bits per heavy atom. The van der Waals surface area contributed by atoms with E-state index < -0.39 is 142 Å². The van der Waals surface area contributed by atoms with E-state index in [4.69, 9.17) is 27.3 Å². The molecule has 0 aliphatic carbocycles. The third-order valence-electron chi connectivity index (χ3n) is 17.0. The summed E-state index contributed by atoms with van der Waals surface area (Å²) >= 11 is 0. The zero-order chi connectivity index (χ0) is 58.1. The minimum absolute atomic E-state index is 0.113. The van der Waals surface area contributed by atoms with E-state index in [-0.39, 0.29) is 10.9 Å². The maximum atomic E-state index is 13.8. The molecular weight excluding hydrogens is 1100 g/mol. The van der Waals surface area contributed by atoms with Gasteiger partial charge in [-0.1, -0.05) is 157 Å². The number of H-pyrrole nitrogens is 2. The topological polar surface area (TPSA) is 266 Å². The highest BCUT2D eigenvalue weighted by Gasteiger charge is 2.72. The van der Waals surface area contributed by atoms with Crippen molar-refractivity contribution in [1.82, 2.24) is 19.1 Å². The highest BCUT2D eigenvalue weighted by atomic mass is 32.5. The Hall–Kier alpha value is -3.12. The number of aliphatic hydroxyl groups excluding tert-OH is 1. The molecule has 77 heavy (non-hydrogen) atoms. The van der Waals surface area contributed by atoms with Gasteiger partial charge in [-0.25, -0.2) is 14.1 Å². The second-order valence-electron chi connectivity index (χ2n) is 26.1. The Kier molecular flexibility index (Phi) is 17.7. The first kappa shape index (κ1) is 63.1. The van der Waals surface area contributed by atoms with Crippen LogP contribution in [-0.2, 0) is 38.2 Å². The van der Waals surface area contributed by atoms with Crippen molar-refractivity contribution in [3.8, 4) is 0 Å². The maximum absolute atomic E-state index is 13.8. The summed E-state index contributed by atoms with van der Waals surface area (Å²) in [5.74, 6) is -2.92. The van der Waals surface area contributed by atoms with Gasteiger partial charge in [-0.3, -0.25) is 38.5 Å². The maximum Gasteiger partial charge on any atom is 0.523 e. The van der Waals surface area contributed by atoms with Crippen molar-refractivity contribution in [1.29, 1.82) is 0 Å². The van der Waals surface area contributed by atoms with Crippen molar-refractivity contribution < 1.29 is 52.4 Å². The minimum atomic E-state index is -5.26. The molecule has 0 saturated carbocycles. The van der Waals surface area contributed by atoms with E-state index in [1.807, 2.05) is 162 Å². The van der Waals surface area contributed by atoms with Crippen LogP contribution in [0.25, 0.3) is 0 Å². The number of hydrogen-bond acceptors (Lipinski definition) is 13. The normalized spacial score (nSPS) is 25.8. The molecule has 0 amide bonds. The second kappa shape index (κ2) is 21.6. The number of aliphatic hydroxyl groups is 3. The molecular formula is C52H84N4O15PSSi4+. The van der Waals surface area contributed by atoms with Gasteiger partial charge in [0.25, 0.3) is 30.4 Å². The van der Waals surface area contributed by atoms with Crippen LogP contribution < -0.4 is 32.9 Å². The van der Waals surface area contributed by atoms with Crippen LogP contribution in [0.2, 0.25) is 59.4 Å². The number of aromatic nitrogens is 4. The van der Waals surface area contributed by atoms with E-state index in [9.17, 15) is 44.3 Å². The summed E-state index contributed by atoms with van der Waals surface area (Å²) in [6, 6.07) is 21.5. The first-order valence-corrected chi connectivity index (χ1v) is 39.7. The highest BCUT2D eigenvalue weighted by Crippen LogP contribution is 2.58. The molecule has 0 radical (unpaired) electrons. The molecule has 2 aliphatic rings. The van der Waals surface area contributed by atoms with Crippen molar-refractivity contribution >= 4 is 61.1 Å². The summed E-state index contributed by atoms with van der Waals surface area (Å²) in [5.41, 5.74) is -5.26. The average Bonchev–Trinajstić information content (AvgIpc) is 3.71. The summed E-state index contributed by atoms with van der Waals surface area (Å²) in [6.07, 6.45) is -7.27. The molecule has 2 aromatic heterocycles. The van der Waals surface area contributed by atoms with Gasteiger partial charge in [0.15, 0.2) is 35.2 Å². The lowest BCUT2D eigenvalue weighted by molar-refractivity contribution is -0.216. The van der Waals surface area contributed by atoms with Gasteiger partial charge in [0.05, 0.1) is 14.7 Å². The molecule has 4 aromatic rings. The quantitative estimate of drug-likeness (QED) is 0.0303. The number of nitrogens with zero attached hydrogens (tertiary/aromatic N) is 2. The van der Waals surface area contributed by atoms with Crippen molar-refractivity contribution in [2.45, 2.75) is 196 Å². The fourth-order valence-corrected chi connectivity index (χ4v) is 22.7. The summed E-state index contributed by atoms with van der Waals surface area (Å²) in [6.45, 7) is 29.6. The average molecular weight is 1180 g/mol. The van der Waals surface area contributed by atoms with Gasteiger partial charge < -0.3 is 38.1 Å². The standard InChI is InChI=1S/C52H83N4O15PSSi4/c1-47(2,3)74(13,14)52(63)40(69-75(15,16)48(4,5)6)39(68-44(52)56-32-30-38(58)54-46(56)61)43(59)73-72(64,65)71-51(62)36(33-66-77(50(10,11)12,34-25-21-19-22-26-34)35-27-23-20-24-28-35)67-42(55-31-29-37(57)53-45(55)60)41(51)70-76(17,18)49(7,8)9/h19-32,36,39-44,59,62-63H,33H2,1-18H3,(H3-,53,54,57,58,60,61,64,65)/p+1/t36-,39+,40-,41+,42-,43?,44-,51+,52+/m1/s1. The van der Waals surface area contributed by atoms with Crippen LogP contribution in [-0.4, -0.2) is 125 Å². The number of hydrogen-bond donors (Lipinski definition) is 7. The van der Waals surface area contributed by atoms with Crippen molar-refractivity contribution in [3.05, 3.63) is 127 Å². The first-order chi connectivity index (χ1) is 35.0. The Labute approximate surface area is 459 Å². The Bertz CT molecular complexity index is 2990. The molecule has 2 aromatic carbocycles. The molecule has 0 bridgehead atoms. The summed E-state index contributed by atoms with van der Waals surface area (Å²) in [4.78, 5) is 82.1. The van der Waals surface area contributed by atoms with Crippen molar-refractivity contribution in [2.24, 2.45) is 0 Å². The SMILES string of the molecule is CC(C)(C)[Si](C)(C)O[C@@H]1[C@@H](C(O)[S+]=P(O)(O)O[C@@]2(O)[C@@H](CO[Si](c3ccccc3)(c3ccccc3)C(C)(C)C)O[C@@H](n3ccc(=O)[nH]c3=O)[C@@H]2O[Si](C)(C)C(C)(C)C)O[C@@H](n2ccc(=O)[nH]c2=O)[C@@]1(O)[Si](C)(C)C(C)(C)C. The van der Waals surface area contributed by atoms with E-state index in [0.717, 1.165) is 31.6 Å². The smallest absolute Gasteiger partial charge is 0.408 e. The molecule has 19 nitrogen and oxygen atoms in total. The summed E-state index contributed by atoms with van der Waals surface area (Å²) < 4.78 is 43.3. The van der Waals surface area contributed by atoms with E-state index in [1.54, 1.807) is 0 Å². The van der Waals surface area contributed by atoms with Gasteiger partial charge in [-0.05, 0) is 56.7 Å². The second-order valence-corrected chi connectivity index (χ2v) is 49.4. The highest BCUT2D eigenvalue weighted by molar-refractivity contribution is 8.17. The zero-order valence-electron chi connectivity index (χ0n) is 47.9. The zero-order valence-corrected chi connectivity index (χ0v) is 53.6. The largest absolute Gasteiger partial charge is 0.523 e. The number of ether oxygens (including phenoxy) is 2.